The number of aromatic nitrogens is 5. The highest BCUT2D eigenvalue weighted by Gasteiger charge is 2.21. The summed E-state index contributed by atoms with van der Waals surface area (Å²) in [5.74, 6) is 0.894. The Morgan fingerprint density at radius 3 is 2.75 bits per heavy atom. The van der Waals surface area contributed by atoms with Gasteiger partial charge in [0.25, 0.3) is 0 Å². The van der Waals surface area contributed by atoms with Crippen molar-refractivity contribution in [2.24, 2.45) is 0 Å². The molecule has 3 aromatic heterocycles. The number of nitrogens with two attached hydrogens (primary N) is 1. The molecule has 126 valence electrons. The van der Waals surface area contributed by atoms with E-state index in [9.17, 15) is 0 Å². The maximum absolute atomic E-state index is 5.85. The quantitative estimate of drug-likeness (QED) is 0.752. The van der Waals surface area contributed by atoms with Gasteiger partial charge in [-0.05, 0) is 17.2 Å². The molecule has 0 spiro atoms. The van der Waals surface area contributed by atoms with Crippen molar-refractivity contribution in [3.63, 3.8) is 0 Å². The molecule has 1 fully saturated rings. The number of ether oxygens (including phenoxy) is 1. The number of morpholine rings is 1. The topological polar surface area (TPSA) is 108 Å². The number of aryl methyl sites for hydroxylation is 1. The lowest BCUT2D eigenvalue weighted by molar-refractivity contribution is 0.0343. The molecule has 1 aliphatic heterocycles. The number of nitrogen functional groups attached to an aromatic ring is 1. The van der Waals surface area contributed by atoms with Crippen molar-refractivity contribution < 1.29 is 9.37 Å². The molecule has 4 rings (SSSR count). The molecule has 3 aromatic rings. The van der Waals surface area contributed by atoms with Crippen LogP contribution >= 0.6 is 0 Å². The van der Waals surface area contributed by atoms with E-state index < -0.39 is 0 Å². The summed E-state index contributed by atoms with van der Waals surface area (Å²) in [5.41, 5.74) is 9.31. The van der Waals surface area contributed by atoms with Crippen LogP contribution in [-0.4, -0.2) is 56.1 Å². The van der Waals surface area contributed by atoms with Crippen molar-refractivity contribution in [3.8, 4) is 11.5 Å². The molecule has 0 atom stereocenters. The Morgan fingerprint density at radius 2 is 2.04 bits per heavy atom. The fraction of sp³-hybridized carbons (Fsp3) is 0.467. The Labute approximate surface area is 138 Å². The van der Waals surface area contributed by atoms with Crippen LogP contribution in [-0.2, 0) is 17.8 Å². The van der Waals surface area contributed by atoms with Crippen molar-refractivity contribution >= 4 is 16.9 Å². The van der Waals surface area contributed by atoms with Gasteiger partial charge in [-0.3, -0.25) is 9.88 Å². The van der Waals surface area contributed by atoms with Crippen molar-refractivity contribution in [2.75, 3.05) is 32.0 Å². The first-order valence-electron chi connectivity index (χ1n) is 7.99. The minimum Gasteiger partial charge on any atom is -0.379 e. The number of rotatable bonds is 4. The maximum atomic E-state index is 5.85. The van der Waals surface area contributed by atoms with E-state index in [0.717, 1.165) is 56.0 Å². The average Bonchev–Trinajstić information content (AvgIpc) is 3.19. The molecule has 2 N–H and O–H groups in total. The van der Waals surface area contributed by atoms with E-state index in [1.54, 1.807) is 6.20 Å². The Bertz CT molecular complexity index is 851. The second-order valence-corrected chi connectivity index (χ2v) is 5.73. The predicted molar refractivity (Wildman–Crippen MR) is 87.0 cm³/mol. The number of hydrogen-bond acceptors (Lipinski definition) is 8. The van der Waals surface area contributed by atoms with Crippen molar-refractivity contribution in [1.82, 2.24) is 29.7 Å². The summed E-state index contributed by atoms with van der Waals surface area (Å²) < 4.78 is 12.2. The third-order valence-corrected chi connectivity index (χ3v) is 4.27. The average molecular weight is 329 g/mol. The SMILES string of the molecule is CCn1c(-c2nonc2N)nc2cncc(CN3CCOCC3)c21. The van der Waals surface area contributed by atoms with Crippen LogP contribution in [0.15, 0.2) is 17.0 Å². The lowest BCUT2D eigenvalue weighted by Gasteiger charge is -2.26. The summed E-state index contributed by atoms with van der Waals surface area (Å²) in [7, 11) is 0. The van der Waals surface area contributed by atoms with Crippen LogP contribution in [0.5, 0.6) is 0 Å². The summed E-state index contributed by atoms with van der Waals surface area (Å²) in [6.07, 6.45) is 3.66. The lowest BCUT2D eigenvalue weighted by atomic mass is 10.2. The molecule has 9 heteroatoms. The highest BCUT2D eigenvalue weighted by Crippen LogP contribution is 2.28. The summed E-state index contributed by atoms with van der Waals surface area (Å²) >= 11 is 0. The number of pyridine rings is 1. The van der Waals surface area contributed by atoms with E-state index in [4.69, 9.17) is 15.1 Å². The first-order chi connectivity index (χ1) is 11.8. The van der Waals surface area contributed by atoms with Gasteiger partial charge in [-0.1, -0.05) is 0 Å². The van der Waals surface area contributed by atoms with Crippen LogP contribution in [0.2, 0.25) is 0 Å². The minimum absolute atomic E-state index is 0.239. The normalized spacial score (nSPS) is 16.0. The number of anilines is 1. The molecule has 0 radical (unpaired) electrons. The van der Waals surface area contributed by atoms with Gasteiger partial charge in [0.15, 0.2) is 17.3 Å². The Hall–Kier alpha value is -2.52. The van der Waals surface area contributed by atoms with Crippen LogP contribution in [0, 0.1) is 0 Å². The van der Waals surface area contributed by atoms with Gasteiger partial charge in [0.1, 0.15) is 5.52 Å². The molecule has 24 heavy (non-hydrogen) atoms. The smallest absolute Gasteiger partial charge is 0.199 e. The summed E-state index contributed by atoms with van der Waals surface area (Å²) in [6, 6.07) is 0. The molecule has 9 nitrogen and oxygen atoms in total. The van der Waals surface area contributed by atoms with E-state index in [2.05, 4.69) is 36.7 Å². The fourth-order valence-electron chi connectivity index (χ4n) is 3.11. The van der Waals surface area contributed by atoms with Gasteiger partial charge in [0.2, 0.25) is 0 Å². The van der Waals surface area contributed by atoms with Gasteiger partial charge < -0.3 is 15.0 Å². The van der Waals surface area contributed by atoms with Crippen LogP contribution < -0.4 is 5.73 Å². The Kier molecular flexibility index (Phi) is 3.87. The van der Waals surface area contributed by atoms with Crippen LogP contribution in [0.4, 0.5) is 5.82 Å². The predicted octanol–water partition coefficient (Wildman–Crippen LogP) is 0.916. The van der Waals surface area contributed by atoms with E-state index >= 15 is 0 Å². The molecule has 0 aliphatic carbocycles. The molecule has 1 aliphatic rings. The van der Waals surface area contributed by atoms with Gasteiger partial charge in [0, 0.05) is 37.9 Å². The largest absolute Gasteiger partial charge is 0.379 e. The zero-order chi connectivity index (χ0) is 16.5. The van der Waals surface area contributed by atoms with E-state index in [1.807, 2.05) is 6.20 Å². The number of hydrogen-bond donors (Lipinski definition) is 1. The van der Waals surface area contributed by atoms with Crippen LogP contribution in [0.1, 0.15) is 12.5 Å². The maximum Gasteiger partial charge on any atom is 0.199 e. The Balaban J connectivity index is 1.81. The molecule has 0 aromatic carbocycles. The molecule has 0 saturated carbocycles. The van der Waals surface area contributed by atoms with Gasteiger partial charge in [-0.2, -0.15) is 0 Å². The zero-order valence-corrected chi connectivity index (χ0v) is 13.5. The molecular weight excluding hydrogens is 310 g/mol. The first-order valence-corrected chi connectivity index (χ1v) is 7.99. The van der Waals surface area contributed by atoms with Crippen LogP contribution in [0.3, 0.4) is 0 Å². The minimum atomic E-state index is 0.239. The number of nitrogens with zero attached hydrogens (tertiary/aromatic N) is 6. The van der Waals surface area contributed by atoms with Crippen LogP contribution in [0.25, 0.3) is 22.6 Å². The number of fused-ring (bicyclic) bond motifs is 1. The van der Waals surface area contributed by atoms with Crippen molar-refractivity contribution in [1.29, 1.82) is 0 Å². The highest BCUT2D eigenvalue weighted by molar-refractivity contribution is 5.83. The lowest BCUT2D eigenvalue weighted by Crippen LogP contribution is -2.35. The van der Waals surface area contributed by atoms with Gasteiger partial charge >= 0.3 is 0 Å². The van der Waals surface area contributed by atoms with Gasteiger partial charge in [-0.15, -0.1) is 0 Å². The molecule has 0 unspecified atom stereocenters. The van der Waals surface area contributed by atoms with Crippen molar-refractivity contribution in [3.05, 3.63) is 18.0 Å². The van der Waals surface area contributed by atoms with E-state index in [1.165, 1.54) is 0 Å². The third-order valence-electron chi connectivity index (χ3n) is 4.27. The second kappa shape index (κ2) is 6.17. The zero-order valence-electron chi connectivity index (χ0n) is 13.5. The summed E-state index contributed by atoms with van der Waals surface area (Å²) in [6.45, 7) is 6.98. The standard InChI is InChI=1S/C15H19N7O2/c1-2-22-13-10(9-21-3-5-23-6-4-21)7-17-8-11(13)18-15(22)12-14(16)20-24-19-12/h7-8H,2-6,9H2,1H3,(H2,16,20). The molecule has 1 saturated heterocycles. The van der Waals surface area contributed by atoms with E-state index in [-0.39, 0.29) is 5.82 Å². The highest BCUT2D eigenvalue weighted by atomic mass is 16.6. The first kappa shape index (κ1) is 15.0. The summed E-state index contributed by atoms with van der Waals surface area (Å²) in [5, 5.41) is 7.55. The van der Waals surface area contributed by atoms with Gasteiger partial charge in [-0.25, -0.2) is 9.61 Å². The number of imidazole rings is 1. The monoisotopic (exact) mass is 329 g/mol. The molecular formula is C15H19N7O2. The second-order valence-electron chi connectivity index (χ2n) is 5.73. The Morgan fingerprint density at radius 1 is 1.21 bits per heavy atom. The van der Waals surface area contributed by atoms with Crippen molar-refractivity contribution in [2.45, 2.75) is 20.0 Å². The fourth-order valence-corrected chi connectivity index (χ4v) is 3.11. The third kappa shape index (κ3) is 2.51. The molecule has 0 bridgehead atoms. The van der Waals surface area contributed by atoms with E-state index in [0.29, 0.717) is 11.5 Å². The molecule has 0 amide bonds. The molecule has 4 heterocycles. The summed E-state index contributed by atoms with van der Waals surface area (Å²) in [4.78, 5) is 11.4. The van der Waals surface area contributed by atoms with Gasteiger partial charge in [0.05, 0.1) is 24.9 Å².